The van der Waals surface area contributed by atoms with Gasteiger partial charge in [0.25, 0.3) is 0 Å². The Morgan fingerprint density at radius 3 is 2.67 bits per heavy atom. The van der Waals surface area contributed by atoms with Gasteiger partial charge in [-0.15, -0.1) is 0 Å². The molecule has 9 heavy (non-hydrogen) atoms. The van der Waals surface area contributed by atoms with Crippen molar-refractivity contribution in [1.82, 2.24) is 0 Å². The fourth-order valence-electron chi connectivity index (χ4n) is 2.40. The lowest BCUT2D eigenvalue weighted by Crippen LogP contribution is -2.07. The molecule has 3 unspecified atom stereocenters. The van der Waals surface area contributed by atoms with Gasteiger partial charge < -0.3 is 5.73 Å². The van der Waals surface area contributed by atoms with E-state index in [2.05, 4.69) is 0 Å². The first-order valence-corrected chi connectivity index (χ1v) is 4.12. The van der Waals surface area contributed by atoms with Crippen molar-refractivity contribution in [1.29, 1.82) is 0 Å². The maximum Gasteiger partial charge on any atom is -0.00745 e. The highest BCUT2D eigenvalue weighted by Gasteiger charge is 2.46. The summed E-state index contributed by atoms with van der Waals surface area (Å²) in [7, 11) is 0. The summed E-state index contributed by atoms with van der Waals surface area (Å²) in [4.78, 5) is 0. The second-order valence-corrected chi connectivity index (χ2v) is 3.57. The van der Waals surface area contributed by atoms with E-state index in [4.69, 9.17) is 5.73 Å². The molecule has 0 heterocycles. The van der Waals surface area contributed by atoms with Crippen LogP contribution >= 0.6 is 0 Å². The van der Waals surface area contributed by atoms with Crippen LogP contribution < -0.4 is 5.73 Å². The van der Waals surface area contributed by atoms with E-state index in [1.807, 2.05) is 0 Å². The summed E-state index contributed by atoms with van der Waals surface area (Å²) in [5, 5.41) is 0. The van der Waals surface area contributed by atoms with Gasteiger partial charge in [0.2, 0.25) is 0 Å². The Hall–Kier alpha value is -0.0400. The van der Waals surface area contributed by atoms with Crippen molar-refractivity contribution in [2.24, 2.45) is 23.5 Å². The molecule has 0 aromatic rings. The molecule has 0 amide bonds. The van der Waals surface area contributed by atoms with Gasteiger partial charge in [-0.3, -0.25) is 0 Å². The molecule has 0 spiro atoms. The van der Waals surface area contributed by atoms with E-state index < -0.39 is 0 Å². The smallest absolute Gasteiger partial charge is 0.00745 e. The maximum atomic E-state index is 5.49. The second-order valence-electron chi connectivity index (χ2n) is 3.57. The van der Waals surface area contributed by atoms with Gasteiger partial charge in [-0.05, 0) is 50.0 Å². The van der Waals surface area contributed by atoms with Crippen molar-refractivity contribution in [3.05, 3.63) is 0 Å². The fraction of sp³-hybridized carbons (Fsp3) is 1.00. The summed E-state index contributed by atoms with van der Waals surface area (Å²) < 4.78 is 0. The molecular weight excluding hydrogens is 110 g/mol. The molecule has 2 fully saturated rings. The molecule has 0 saturated heterocycles. The zero-order chi connectivity index (χ0) is 6.27. The van der Waals surface area contributed by atoms with Crippen molar-refractivity contribution in [3.8, 4) is 0 Å². The molecule has 1 nitrogen and oxygen atoms in total. The molecule has 2 aliphatic rings. The van der Waals surface area contributed by atoms with Crippen molar-refractivity contribution in [2.75, 3.05) is 6.54 Å². The minimum Gasteiger partial charge on any atom is -0.330 e. The van der Waals surface area contributed by atoms with Crippen LogP contribution in [0.5, 0.6) is 0 Å². The van der Waals surface area contributed by atoms with E-state index in [0.717, 1.165) is 24.3 Å². The van der Waals surface area contributed by atoms with E-state index in [9.17, 15) is 0 Å². The van der Waals surface area contributed by atoms with Gasteiger partial charge in [-0.1, -0.05) is 0 Å². The lowest BCUT2D eigenvalue weighted by Gasteiger charge is -2.07. The van der Waals surface area contributed by atoms with E-state index >= 15 is 0 Å². The zero-order valence-electron chi connectivity index (χ0n) is 5.84. The van der Waals surface area contributed by atoms with Crippen LogP contribution in [0.1, 0.15) is 25.7 Å². The van der Waals surface area contributed by atoms with Crippen LogP contribution in [-0.2, 0) is 0 Å². The van der Waals surface area contributed by atoms with Crippen molar-refractivity contribution in [2.45, 2.75) is 25.7 Å². The van der Waals surface area contributed by atoms with Gasteiger partial charge in [-0.2, -0.15) is 0 Å². The molecule has 0 aliphatic heterocycles. The van der Waals surface area contributed by atoms with Crippen molar-refractivity contribution >= 4 is 0 Å². The lowest BCUT2D eigenvalue weighted by atomic mass is 10.00. The first-order valence-electron chi connectivity index (χ1n) is 4.12. The highest BCUT2D eigenvalue weighted by Crippen LogP contribution is 2.56. The maximum absolute atomic E-state index is 5.49. The first-order chi connectivity index (χ1) is 4.42. The molecule has 1 heteroatoms. The summed E-state index contributed by atoms with van der Waals surface area (Å²) in [6.07, 6.45) is 5.81. The summed E-state index contributed by atoms with van der Waals surface area (Å²) in [6.45, 7) is 0.911. The van der Waals surface area contributed by atoms with Crippen LogP contribution in [0.2, 0.25) is 0 Å². The topological polar surface area (TPSA) is 26.0 Å². The van der Waals surface area contributed by atoms with Gasteiger partial charge in [-0.25, -0.2) is 0 Å². The highest BCUT2D eigenvalue weighted by molar-refractivity contribution is 4.97. The Morgan fingerprint density at radius 2 is 2.22 bits per heavy atom. The van der Waals surface area contributed by atoms with Gasteiger partial charge in [0.1, 0.15) is 0 Å². The quantitative estimate of drug-likeness (QED) is 0.593. The predicted octanol–water partition coefficient (Wildman–Crippen LogP) is 1.38. The Bertz CT molecular complexity index is 111. The van der Waals surface area contributed by atoms with Gasteiger partial charge in [0.05, 0.1) is 0 Å². The van der Waals surface area contributed by atoms with Crippen LogP contribution in [0, 0.1) is 17.8 Å². The third kappa shape index (κ3) is 0.877. The van der Waals surface area contributed by atoms with Crippen molar-refractivity contribution in [3.63, 3.8) is 0 Å². The number of fused-ring (bicyclic) bond motifs is 1. The number of nitrogens with two attached hydrogens (primary N) is 1. The minimum absolute atomic E-state index is 0.911. The molecule has 52 valence electrons. The van der Waals surface area contributed by atoms with E-state index in [1.165, 1.54) is 25.7 Å². The lowest BCUT2D eigenvalue weighted by molar-refractivity contribution is 0.451. The average Bonchev–Trinajstić information content (AvgIpc) is 2.54. The second kappa shape index (κ2) is 1.98. The number of hydrogen-bond acceptors (Lipinski definition) is 1. The molecule has 0 radical (unpaired) electrons. The van der Waals surface area contributed by atoms with E-state index in [1.54, 1.807) is 0 Å². The monoisotopic (exact) mass is 125 g/mol. The molecular formula is C8H15N. The van der Waals surface area contributed by atoms with Crippen LogP contribution in [0.25, 0.3) is 0 Å². The predicted molar refractivity (Wildman–Crippen MR) is 38.0 cm³/mol. The fourth-order valence-corrected chi connectivity index (χ4v) is 2.40. The van der Waals surface area contributed by atoms with E-state index in [-0.39, 0.29) is 0 Å². The molecule has 2 aliphatic carbocycles. The minimum atomic E-state index is 0.911. The molecule has 0 bridgehead atoms. The summed E-state index contributed by atoms with van der Waals surface area (Å²) >= 11 is 0. The largest absolute Gasteiger partial charge is 0.330 e. The van der Waals surface area contributed by atoms with Crippen molar-refractivity contribution < 1.29 is 0 Å². The summed E-state index contributed by atoms with van der Waals surface area (Å²) in [5.41, 5.74) is 5.49. The van der Waals surface area contributed by atoms with Gasteiger partial charge in [0.15, 0.2) is 0 Å². The first kappa shape index (κ1) is 5.72. The molecule has 2 N–H and O–H groups in total. The van der Waals surface area contributed by atoms with Crippen LogP contribution in [-0.4, -0.2) is 6.54 Å². The average molecular weight is 125 g/mol. The summed E-state index contributed by atoms with van der Waals surface area (Å²) in [6, 6.07) is 0. The third-order valence-electron chi connectivity index (χ3n) is 3.03. The molecule has 3 atom stereocenters. The number of rotatable bonds is 2. The highest BCUT2D eigenvalue weighted by atomic mass is 14.6. The van der Waals surface area contributed by atoms with Gasteiger partial charge in [0, 0.05) is 0 Å². The SMILES string of the molecule is NCCC1CCC2CC12. The molecule has 0 aromatic carbocycles. The Kier molecular flexibility index (Phi) is 1.26. The molecule has 0 aromatic heterocycles. The number of hydrogen-bond donors (Lipinski definition) is 1. The van der Waals surface area contributed by atoms with Crippen LogP contribution in [0.4, 0.5) is 0 Å². The third-order valence-corrected chi connectivity index (χ3v) is 3.03. The Morgan fingerprint density at radius 1 is 1.33 bits per heavy atom. The zero-order valence-corrected chi connectivity index (χ0v) is 5.84. The van der Waals surface area contributed by atoms with E-state index in [0.29, 0.717) is 0 Å². The molecule has 2 rings (SSSR count). The normalized spacial score (nSPS) is 47.0. The van der Waals surface area contributed by atoms with Crippen LogP contribution in [0.3, 0.4) is 0 Å². The Balaban J connectivity index is 1.84. The van der Waals surface area contributed by atoms with Gasteiger partial charge >= 0.3 is 0 Å². The summed E-state index contributed by atoms with van der Waals surface area (Å²) in [5.74, 6) is 3.29. The Labute approximate surface area is 56.6 Å². The van der Waals surface area contributed by atoms with Crippen LogP contribution in [0.15, 0.2) is 0 Å². The standard InChI is InChI=1S/C8H15N/c9-4-3-6-1-2-7-5-8(6)7/h6-8H,1-5,9H2. The molecule has 2 saturated carbocycles.